The van der Waals surface area contributed by atoms with E-state index in [1.54, 1.807) is 19.2 Å². The molecule has 1 rings (SSSR count). The van der Waals surface area contributed by atoms with Crippen LogP contribution in [0.5, 0.6) is 11.5 Å². The quantitative estimate of drug-likeness (QED) is 0.675. The van der Waals surface area contributed by atoms with Crippen LogP contribution in [0, 0.1) is 5.92 Å². The topological polar surface area (TPSA) is 67.8 Å². The number of amides is 1. The third-order valence-corrected chi connectivity index (χ3v) is 2.94. The first-order valence-electron chi connectivity index (χ1n) is 6.80. The van der Waals surface area contributed by atoms with Gasteiger partial charge in [-0.05, 0) is 30.9 Å². The van der Waals surface area contributed by atoms with Gasteiger partial charge in [-0.3, -0.25) is 4.79 Å². The Hall–Kier alpha value is -1.75. The number of carbonyl (C=O) groups excluding carboxylic acids is 1. The molecular formula is C15H23NO4. The lowest BCUT2D eigenvalue weighted by molar-refractivity contribution is -0.123. The average molecular weight is 281 g/mol. The highest BCUT2D eigenvalue weighted by atomic mass is 16.5. The van der Waals surface area contributed by atoms with Gasteiger partial charge in [0.25, 0.3) is 5.91 Å². The minimum Gasteiger partial charge on any atom is -0.493 e. The number of nitrogens with one attached hydrogen (secondary N) is 1. The Morgan fingerprint density at radius 2 is 2.05 bits per heavy atom. The van der Waals surface area contributed by atoms with Gasteiger partial charge in [-0.1, -0.05) is 19.1 Å². The van der Waals surface area contributed by atoms with E-state index in [4.69, 9.17) is 14.6 Å². The van der Waals surface area contributed by atoms with Crippen molar-refractivity contribution in [1.82, 2.24) is 5.32 Å². The molecule has 20 heavy (non-hydrogen) atoms. The Bertz CT molecular complexity index is 409. The van der Waals surface area contributed by atoms with Gasteiger partial charge in [0.15, 0.2) is 18.1 Å². The number of hydrogen-bond acceptors (Lipinski definition) is 4. The molecule has 0 aliphatic heterocycles. The van der Waals surface area contributed by atoms with Crippen LogP contribution in [-0.4, -0.2) is 37.9 Å². The maximum absolute atomic E-state index is 11.6. The Morgan fingerprint density at radius 3 is 2.70 bits per heavy atom. The first-order chi connectivity index (χ1) is 9.67. The zero-order chi connectivity index (χ0) is 14.8. The highest BCUT2D eigenvalue weighted by Crippen LogP contribution is 2.25. The van der Waals surface area contributed by atoms with E-state index in [0.29, 0.717) is 18.0 Å². The summed E-state index contributed by atoms with van der Waals surface area (Å²) in [5.41, 5.74) is 0. The Balaban J connectivity index is 2.23. The van der Waals surface area contributed by atoms with Crippen molar-refractivity contribution in [2.45, 2.75) is 19.8 Å². The van der Waals surface area contributed by atoms with E-state index >= 15 is 0 Å². The van der Waals surface area contributed by atoms with Crippen molar-refractivity contribution in [3.8, 4) is 11.5 Å². The van der Waals surface area contributed by atoms with Crippen molar-refractivity contribution < 1.29 is 19.4 Å². The maximum Gasteiger partial charge on any atom is 0.257 e. The van der Waals surface area contributed by atoms with Crippen LogP contribution >= 0.6 is 0 Å². The number of aliphatic hydroxyl groups excluding tert-OH is 1. The molecule has 2 N–H and O–H groups in total. The highest BCUT2D eigenvalue weighted by molar-refractivity contribution is 5.77. The summed E-state index contributed by atoms with van der Waals surface area (Å²) in [7, 11) is 1.56. The normalized spacial score (nSPS) is 11.8. The molecule has 0 radical (unpaired) electrons. The van der Waals surface area contributed by atoms with Crippen LogP contribution in [0.25, 0.3) is 0 Å². The molecule has 0 aromatic heterocycles. The fourth-order valence-electron chi connectivity index (χ4n) is 1.70. The van der Waals surface area contributed by atoms with E-state index in [-0.39, 0.29) is 25.0 Å². The van der Waals surface area contributed by atoms with Gasteiger partial charge < -0.3 is 19.9 Å². The molecule has 0 saturated carbocycles. The predicted molar refractivity (Wildman–Crippen MR) is 77.0 cm³/mol. The van der Waals surface area contributed by atoms with E-state index in [1.165, 1.54) is 0 Å². The van der Waals surface area contributed by atoms with E-state index < -0.39 is 0 Å². The van der Waals surface area contributed by atoms with Crippen molar-refractivity contribution in [1.29, 1.82) is 0 Å². The molecule has 0 bridgehead atoms. The Morgan fingerprint density at radius 1 is 1.35 bits per heavy atom. The smallest absolute Gasteiger partial charge is 0.257 e. The summed E-state index contributed by atoms with van der Waals surface area (Å²) in [5.74, 6) is 1.28. The monoisotopic (exact) mass is 281 g/mol. The molecule has 0 fully saturated rings. The van der Waals surface area contributed by atoms with Crippen molar-refractivity contribution >= 4 is 5.91 Å². The molecule has 0 aliphatic carbocycles. The lowest BCUT2D eigenvalue weighted by Gasteiger charge is -2.11. The number of rotatable bonds is 9. The molecule has 0 heterocycles. The van der Waals surface area contributed by atoms with Crippen LogP contribution in [0.4, 0.5) is 0 Å². The van der Waals surface area contributed by atoms with Gasteiger partial charge >= 0.3 is 0 Å². The molecule has 1 aromatic carbocycles. The highest BCUT2D eigenvalue weighted by Gasteiger charge is 2.06. The van der Waals surface area contributed by atoms with Crippen molar-refractivity contribution in [2.75, 3.05) is 26.9 Å². The first-order valence-corrected chi connectivity index (χ1v) is 6.80. The zero-order valence-electron chi connectivity index (χ0n) is 12.1. The van der Waals surface area contributed by atoms with Crippen LogP contribution in [-0.2, 0) is 4.79 Å². The summed E-state index contributed by atoms with van der Waals surface area (Å²) < 4.78 is 10.5. The predicted octanol–water partition coefficient (Wildman–Crippen LogP) is 1.60. The SMILES string of the molecule is COc1ccccc1OCC(=O)NCCCC(C)CO. The number of hydrogen-bond donors (Lipinski definition) is 2. The van der Waals surface area contributed by atoms with Gasteiger partial charge in [0.2, 0.25) is 0 Å². The van der Waals surface area contributed by atoms with Crippen molar-refractivity contribution in [2.24, 2.45) is 5.92 Å². The van der Waals surface area contributed by atoms with E-state index in [0.717, 1.165) is 12.8 Å². The van der Waals surface area contributed by atoms with Gasteiger partial charge in [-0.15, -0.1) is 0 Å². The summed E-state index contributed by atoms with van der Waals surface area (Å²) in [6.45, 7) is 2.73. The third kappa shape index (κ3) is 5.93. The van der Waals surface area contributed by atoms with Crippen molar-refractivity contribution in [3.63, 3.8) is 0 Å². The Labute approximate surface area is 119 Å². The van der Waals surface area contributed by atoms with Crippen LogP contribution in [0.2, 0.25) is 0 Å². The summed E-state index contributed by atoms with van der Waals surface area (Å²) in [4.78, 5) is 11.6. The second-order valence-corrected chi connectivity index (χ2v) is 4.72. The number of methoxy groups -OCH3 is 1. The minimum atomic E-state index is -0.160. The lowest BCUT2D eigenvalue weighted by atomic mass is 10.1. The van der Waals surface area contributed by atoms with E-state index in [1.807, 2.05) is 19.1 Å². The molecule has 5 heteroatoms. The summed E-state index contributed by atoms with van der Waals surface area (Å²) in [5, 5.41) is 11.7. The molecule has 112 valence electrons. The van der Waals surface area contributed by atoms with E-state index in [2.05, 4.69) is 5.32 Å². The van der Waals surface area contributed by atoms with Gasteiger partial charge in [-0.25, -0.2) is 0 Å². The molecule has 1 atom stereocenters. The summed E-state index contributed by atoms with van der Waals surface area (Å²) >= 11 is 0. The molecule has 1 amide bonds. The van der Waals surface area contributed by atoms with E-state index in [9.17, 15) is 4.79 Å². The number of benzene rings is 1. The zero-order valence-corrected chi connectivity index (χ0v) is 12.1. The van der Waals surface area contributed by atoms with Crippen LogP contribution in [0.3, 0.4) is 0 Å². The average Bonchev–Trinajstić information content (AvgIpc) is 2.49. The van der Waals surface area contributed by atoms with Gasteiger partial charge in [0.05, 0.1) is 7.11 Å². The molecule has 5 nitrogen and oxygen atoms in total. The molecule has 0 spiro atoms. The van der Waals surface area contributed by atoms with Gasteiger partial charge in [0, 0.05) is 13.2 Å². The fraction of sp³-hybridized carbons (Fsp3) is 0.533. The largest absolute Gasteiger partial charge is 0.493 e. The molecule has 1 aromatic rings. The number of para-hydroxylation sites is 2. The molecule has 0 aliphatic rings. The van der Waals surface area contributed by atoms with Gasteiger partial charge in [-0.2, -0.15) is 0 Å². The van der Waals surface area contributed by atoms with Crippen LogP contribution in [0.15, 0.2) is 24.3 Å². The van der Waals surface area contributed by atoms with Crippen molar-refractivity contribution in [3.05, 3.63) is 24.3 Å². The molecule has 0 saturated heterocycles. The first kappa shape index (κ1) is 16.3. The molecular weight excluding hydrogens is 258 g/mol. The number of aliphatic hydroxyl groups is 1. The number of ether oxygens (including phenoxy) is 2. The maximum atomic E-state index is 11.6. The third-order valence-electron chi connectivity index (χ3n) is 2.94. The Kier molecular flexibility index (Phi) is 7.50. The van der Waals surface area contributed by atoms with Crippen LogP contribution in [0.1, 0.15) is 19.8 Å². The lowest BCUT2D eigenvalue weighted by Crippen LogP contribution is -2.30. The second-order valence-electron chi connectivity index (χ2n) is 4.72. The second kappa shape index (κ2) is 9.20. The molecule has 1 unspecified atom stereocenters. The summed E-state index contributed by atoms with van der Waals surface area (Å²) in [6, 6.07) is 7.21. The fourth-order valence-corrected chi connectivity index (χ4v) is 1.70. The van der Waals surface area contributed by atoms with Crippen LogP contribution < -0.4 is 14.8 Å². The number of carbonyl (C=O) groups is 1. The minimum absolute atomic E-state index is 0.0318. The summed E-state index contributed by atoms with van der Waals surface area (Å²) in [6.07, 6.45) is 1.74. The van der Waals surface area contributed by atoms with Gasteiger partial charge in [0.1, 0.15) is 0 Å². The standard InChI is InChI=1S/C15H23NO4/c1-12(10-17)6-5-9-16-15(18)11-20-14-8-4-3-7-13(14)19-2/h3-4,7-8,12,17H,5-6,9-11H2,1-2H3,(H,16,18).